The number of amides is 1. The molecule has 232 valence electrons. The van der Waals surface area contributed by atoms with Gasteiger partial charge in [-0.1, -0.05) is 67.7 Å². The number of hydrogen-bond donors (Lipinski definition) is 1. The molecule has 1 amide bonds. The molecule has 1 atom stereocenters. The van der Waals surface area contributed by atoms with E-state index in [1.807, 2.05) is 12.3 Å². The highest BCUT2D eigenvalue weighted by Crippen LogP contribution is 2.50. The molecule has 43 heavy (non-hydrogen) atoms. The average Bonchev–Trinajstić information content (AvgIpc) is 3.52. The number of rotatable bonds is 9. The van der Waals surface area contributed by atoms with Crippen LogP contribution in [0.1, 0.15) is 58.2 Å². The minimum absolute atomic E-state index is 0.220. The van der Waals surface area contributed by atoms with E-state index in [1.165, 1.54) is 16.0 Å². The third-order valence-electron chi connectivity index (χ3n) is 9.61. The fraction of sp³-hybridized carbons (Fsp3) is 0.594. The molecule has 11 heteroatoms. The van der Waals surface area contributed by atoms with Gasteiger partial charge in [-0.2, -0.15) is 15.0 Å². The molecule has 1 aromatic carbocycles. The van der Waals surface area contributed by atoms with Crippen molar-refractivity contribution >= 4 is 26.9 Å². The van der Waals surface area contributed by atoms with Crippen molar-refractivity contribution in [2.75, 3.05) is 19.7 Å². The standard InChI is InChI=1S/C32H47BN4O5Si/c1-30(2)31(3,4)42-33(41-30)32(28-22-34-37(35-28)23-40-19-20-43(5,6)7)16-13-26(24-11-9-8-10-12-24)27(21-32)25-14-17-36(18-15-25)29(38)39/h8-13,16,22,25H,14-15,17-21,23H2,1-7H3,(H,38,39). The van der Waals surface area contributed by atoms with Gasteiger partial charge in [0.1, 0.15) is 0 Å². The number of benzene rings is 1. The van der Waals surface area contributed by atoms with E-state index in [2.05, 4.69) is 88.9 Å². The van der Waals surface area contributed by atoms with Crippen LogP contribution in [-0.4, -0.2) is 77.2 Å². The van der Waals surface area contributed by atoms with Crippen LogP contribution in [0.5, 0.6) is 0 Å². The summed E-state index contributed by atoms with van der Waals surface area (Å²) in [5.74, 6) is 0.220. The zero-order valence-electron chi connectivity index (χ0n) is 26.8. The minimum atomic E-state index is -1.20. The zero-order valence-corrected chi connectivity index (χ0v) is 27.8. The lowest BCUT2D eigenvalue weighted by Crippen LogP contribution is -2.47. The zero-order chi connectivity index (χ0) is 31.0. The molecule has 1 aromatic heterocycles. The van der Waals surface area contributed by atoms with Crippen molar-refractivity contribution in [1.29, 1.82) is 0 Å². The molecule has 1 aliphatic carbocycles. The third-order valence-corrected chi connectivity index (χ3v) is 11.3. The number of likely N-dealkylation sites (tertiary alicyclic amines) is 1. The smallest absolute Gasteiger partial charge is 0.465 e. The van der Waals surface area contributed by atoms with Crippen LogP contribution < -0.4 is 0 Å². The monoisotopic (exact) mass is 606 g/mol. The molecule has 2 aliphatic heterocycles. The van der Waals surface area contributed by atoms with Gasteiger partial charge in [-0.15, -0.1) is 0 Å². The second-order valence-electron chi connectivity index (χ2n) is 14.4. The Morgan fingerprint density at radius 2 is 1.74 bits per heavy atom. The topological polar surface area (TPSA) is 98.9 Å². The first-order chi connectivity index (χ1) is 20.2. The molecule has 2 fully saturated rings. The van der Waals surface area contributed by atoms with Crippen molar-refractivity contribution in [3.63, 3.8) is 0 Å². The maximum Gasteiger partial charge on any atom is 0.475 e. The van der Waals surface area contributed by atoms with Gasteiger partial charge in [-0.25, -0.2) is 4.79 Å². The van der Waals surface area contributed by atoms with Gasteiger partial charge < -0.3 is 24.1 Å². The van der Waals surface area contributed by atoms with Gasteiger partial charge in [0.25, 0.3) is 0 Å². The molecule has 0 saturated carbocycles. The second-order valence-corrected chi connectivity index (χ2v) is 20.1. The first-order valence-corrected chi connectivity index (χ1v) is 19.2. The summed E-state index contributed by atoms with van der Waals surface area (Å²) in [7, 11) is -1.79. The first kappa shape index (κ1) is 31.7. The Balaban J connectivity index is 1.51. The Morgan fingerprint density at radius 3 is 2.35 bits per heavy atom. The van der Waals surface area contributed by atoms with Crippen LogP contribution in [0.25, 0.3) is 5.57 Å². The molecule has 1 N–H and O–H groups in total. The van der Waals surface area contributed by atoms with Gasteiger partial charge in [0.2, 0.25) is 0 Å². The number of allylic oxidation sites excluding steroid dienone is 4. The van der Waals surface area contributed by atoms with Crippen LogP contribution in [-0.2, 0) is 26.1 Å². The maximum absolute atomic E-state index is 11.7. The van der Waals surface area contributed by atoms with E-state index >= 15 is 0 Å². The normalized spacial score (nSPS) is 24.2. The summed E-state index contributed by atoms with van der Waals surface area (Å²) in [5.41, 5.74) is 3.36. The number of hydrogen-bond acceptors (Lipinski definition) is 6. The number of ether oxygens (including phenoxy) is 1. The van der Waals surface area contributed by atoms with Crippen LogP contribution in [0, 0.1) is 5.92 Å². The summed E-state index contributed by atoms with van der Waals surface area (Å²) in [6, 6.07) is 11.5. The largest absolute Gasteiger partial charge is 0.475 e. The molecular formula is C32H47BN4O5Si. The molecule has 0 bridgehead atoms. The lowest BCUT2D eigenvalue weighted by Gasteiger charge is -2.40. The lowest BCUT2D eigenvalue weighted by molar-refractivity contribution is 0.00578. The van der Waals surface area contributed by atoms with Crippen LogP contribution in [0.2, 0.25) is 25.7 Å². The van der Waals surface area contributed by atoms with E-state index in [4.69, 9.17) is 19.1 Å². The number of piperidine rings is 1. The van der Waals surface area contributed by atoms with Crippen molar-refractivity contribution in [1.82, 2.24) is 19.9 Å². The SMILES string of the molecule is CC1(C)OB(C2(c3cnn(COCC[Si](C)(C)C)n3)C=CC(c3ccccc3)=C(C3CCN(C(=O)O)CC3)C2)OC1(C)C. The summed E-state index contributed by atoms with van der Waals surface area (Å²) >= 11 is 0. The van der Waals surface area contributed by atoms with E-state index in [1.54, 1.807) is 4.80 Å². The molecule has 0 radical (unpaired) electrons. The summed E-state index contributed by atoms with van der Waals surface area (Å²) in [6.45, 7) is 17.3. The quantitative estimate of drug-likeness (QED) is 0.266. The number of carbonyl (C=O) groups is 1. The highest BCUT2D eigenvalue weighted by atomic mass is 28.3. The fourth-order valence-electron chi connectivity index (χ4n) is 6.10. The van der Waals surface area contributed by atoms with Gasteiger partial charge in [0.15, 0.2) is 6.73 Å². The molecular weight excluding hydrogens is 559 g/mol. The highest BCUT2D eigenvalue weighted by Gasteiger charge is 2.61. The van der Waals surface area contributed by atoms with Crippen LogP contribution in [0.15, 0.2) is 54.3 Å². The Hall–Kier alpha value is -2.73. The summed E-state index contributed by atoms with van der Waals surface area (Å²) < 4.78 is 19.5. The Morgan fingerprint density at radius 1 is 1.09 bits per heavy atom. The Labute approximate surface area is 257 Å². The number of carboxylic acid groups (broad SMARTS) is 1. The lowest BCUT2D eigenvalue weighted by atomic mass is 9.50. The van der Waals surface area contributed by atoms with Gasteiger partial charge in [-0.05, 0) is 70.1 Å². The third kappa shape index (κ3) is 6.69. The predicted molar refractivity (Wildman–Crippen MR) is 171 cm³/mol. The second kappa shape index (κ2) is 12.0. The average molecular weight is 607 g/mol. The van der Waals surface area contributed by atoms with E-state index in [0.717, 1.165) is 30.1 Å². The molecule has 3 aliphatic rings. The van der Waals surface area contributed by atoms with Gasteiger partial charge in [0.05, 0.1) is 28.4 Å². The highest BCUT2D eigenvalue weighted by molar-refractivity contribution is 6.76. The minimum Gasteiger partial charge on any atom is -0.465 e. The predicted octanol–water partition coefficient (Wildman–Crippen LogP) is 6.26. The van der Waals surface area contributed by atoms with Crippen molar-refractivity contribution in [2.45, 2.75) is 95.9 Å². The van der Waals surface area contributed by atoms with Crippen molar-refractivity contribution in [2.24, 2.45) is 5.92 Å². The molecule has 0 spiro atoms. The summed E-state index contributed by atoms with van der Waals surface area (Å²) in [6.07, 6.45) is 7.55. The number of nitrogens with zero attached hydrogens (tertiary/aromatic N) is 4. The van der Waals surface area contributed by atoms with Crippen LogP contribution in [0.4, 0.5) is 4.79 Å². The van der Waals surface area contributed by atoms with Gasteiger partial charge in [0, 0.05) is 27.8 Å². The summed E-state index contributed by atoms with van der Waals surface area (Å²) in [5, 5.41) is 18.5. The van der Waals surface area contributed by atoms with Crippen LogP contribution in [0.3, 0.4) is 0 Å². The fourth-order valence-corrected chi connectivity index (χ4v) is 6.86. The van der Waals surface area contributed by atoms with Gasteiger partial charge in [-0.3, -0.25) is 0 Å². The van der Waals surface area contributed by atoms with E-state index in [9.17, 15) is 9.90 Å². The first-order valence-electron chi connectivity index (χ1n) is 15.5. The molecule has 1 unspecified atom stereocenters. The molecule has 3 heterocycles. The number of aromatic nitrogens is 3. The maximum atomic E-state index is 11.7. The van der Waals surface area contributed by atoms with E-state index < -0.39 is 37.8 Å². The van der Waals surface area contributed by atoms with E-state index in [0.29, 0.717) is 32.8 Å². The van der Waals surface area contributed by atoms with Gasteiger partial charge >= 0.3 is 13.2 Å². The van der Waals surface area contributed by atoms with E-state index in [-0.39, 0.29) is 5.92 Å². The van der Waals surface area contributed by atoms with Crippen LogP contribution >= 0.6 is 0 Å². The van der Waals surface area contributed by atoms with Crippen molar-refractivity contribution in [3.8, 4) is 0 Å². The Kier molecular flexibility index (Phi) is 8.83. The van der Waals surface area contributed by atoms with Crippen molar-refractivity contribution in [3.05, 3.63) is 65.5 Å². The molecule has 2 saturated heterocycles. The Bertz CT molecular complexity index is 1350. The summed E-state index contributed by atoms with van der Waals surface area (Å²) in [4.78, 5) is 14.8. The molecule has 9 nitrogen and oxygen atoms in total. The molecule has 5 rings (SSSR count). The van der Waals surface area contributed by atoms with Crippen molar-refractivity contribution < 1.29 is 23.9 Å². The molecule has 2 aromatic rings.